The van der Waals surface area contributed by atoms with Crippen LogP contribution in [0.25, 0.3) is 0 Å². The Bertz CT molecular complexity index is 670. The summed E-state index contributed by atoms with van der Waals surface area (Å²) in [5.74, 6) is -0.0476. The SMILES string of the molecule is CCn1cc(Br)cc1C(=O)N(C)Cc1ccc(Cl)cc1Cl. The number of carbonyl (C=O) groups excluding carboxylic acids is 1. The Hall–Kier alpha value is -0.970. The van der Waals surface area contributed by atoms with Gasteiger partial charge in [-0.2, -0.15) is 0 Å². The summed E-state index contributed by atoms with van der Waals surface area (Å²) < 4.78 is 2.80. The standard InChI is InChI=1S/C15H15BrCl2N2O/c1-3-20-9-11(16)6-14(20)15(21)19(2)8-10-4-5-12(17)7-13(10)18/h4-7,9H,3,8H2,1-2H3. The third kappa shape index (κ3) is 3.82. The second kappa shape index (κ2) is 6.86. The van der Waals surface area contributed by atoms with E-state index < -0.39 is 0 Å². The number of hydrogen-bond donors (Lipinski definition) is 0. The van der Waals surface area contributed by atoms with Crippen molar-refractivity contribution in [1.82, 2.24) is 9.47 Å². The Morgan fingerprint density at radius 3 is 2.67 bits per heavy atom. The molecule has 1 heterocycles. The monoisotopic (exact) mass is 388 g/mol. The van der Waals surface area contributed by atoms with Gasteiger partial charge in [-0.05, 0) is 46.6 Å². The fourth-order valence-corrected chi connectivity index (χ4v) is 3.02. The minimum absolute atomic E-state index is 0.0476. The zero-order chi connectivity index (χ0) is 15.6. The van der Waals surface area contributed by atoms with Gasteiger partial charge in [0.2, 0.25) is 0 Å². The second-order valence-corrected chi connectivity index (χ2v) is 6.49. The number of carbonyl (C=O) groups is 1. The molecule has 0 saturated heterocycles. The van der Waals surface area contributed by atoms with E-state index in [1.807, 2.05) is 29.8 Å². The summed E-state index contributed by atoms with van der Waals surface area (Å²) >= 11 is 15.4. The van der Waals surface area contributed by atoms with Crippen molar-refractivity contribution in [3.63, 3.8) is 0 Å². The molecule has 0 atom stereocenters. The van der Waals surface area contributed by atoms with Crippen molar-refractivity contribution < 1.29 is 4.79 Å². The molecule has 0 saturated carbocycles. The Balaban J connectivity index is 2.19. The largest absolute Gasteiger partial charge is 0.343 e. The predicted octanol–water partition coefficient (Wildman–Crippen LogP) is 4.85. The van der Waals surface area contributed by atoms with Gasteiger partial charge in [-0.1, -0.05) is 29.3 Å². The topological polar surface area (TPSA) is 25.2 Å². The average molecular weight is 390 g/mol. The van der Waals surface area contributed by atoms with E-state index in [0.29, 0.717) is 22.3 Å². The number of hydrogen-bond acceptors (Lipinski definition) is 1. The lowest BCUT2D eigenvalue weighted by Crippen LogP contribution is -2.28. The van der Waals surface area contributed by atoms with Crippen molar-refractivity contribution in [1.29, 1.82) is 0 Å². The summed E-state index contributed by atoms with van der Waals surface area (Å²) in [6.45, 7) is 3.17. The van der Waals surface area contributed by atoms with E-state index in [2.05, 4.69) is 15.9 Å². The van der Waals surface area contributed by atoms with Crippen LogP contribution < -0.4 is 0 Å². The smallest absolute Gasteiger partial charge is 0.270 e. The van der Waals surface area contributed by atoms with Gasteiger partial charge in [0.25, 0.3) is 5.91 Å². The van der Waals surface area contributed by atoms with E-state index in [1.165, 1.54) is 0 Å². The first-order valence-electron chi connectivity index (χ1n) is 6.47. The molecular formula is C15H15BrCl2N2O. The van der Waals surface area contributed by atoms with Gasteiger partial charge < -0.3 is 9.47 Å². The molecule has 1 amide bonds. The molecule has 0 N–H and O–H groups in total. The van der Waals surface area contributed by atoms with Crippen molar-refractivity contribution in [3.8, 4) is 0 Å². The zero-order valence-electron chi connectivity index (χ0n) is 11.7. The molecule has 0 aliphatic heterocycles. The Labute approximate surface area is 142 Å². The van der Waals surface area contributed by atoms with Gasteiger partial charge in [-0.25, -0.2) is 0 Å². The van der Waals surface area contributed by atoms with Gasteiger partial charge in [0.1, 0.15) is 5.69 Å². The molecule has 1 aromatic carbocycles. The summed E-state index contributed by atoms with van der Waals surface area (Å²) in [5, 5.41) is 1.15. The van der Waals surface area contributed by atoms with Crippen LogP contribution in [0.3, 0.4) is 0 Å². The number of halogens is 3. The summed E-state index contributed by atoms with van der Waals surface area (Å²) in [5.41, 5.74) is 1.52. The van der Waals surface area contributed by atoms with Crippen LogP contribution >= 0.6 is 39.1 Å². The van der Waals surface area contributed by atoms with Crippen molar-refractivity contribution in [2.75, 3.05) is 7.05 Å². The lowest BCUT2D eigenvalue weighted by Gasteiger charge is -2.19. The minimum atomic E-state index is -0.0476. The second-order valence-electron chi connectivity index (χ2n) is 4.73. The third-order valence-corrected chi connectivity index (χ3v) is 4.21. The zero-order valence-corrected chi connectivity index (χ0v) is 14.8. The Kier molecular flexibility index (Phi) is 5.36. The predicted molar refractivity (Wildman–Crippen MR) is 90.1 cm³/mol. The number of aryl methyl sites for hydroxylation is 1. The highest BCUT2D eigenvalue weighted by molar-refractivity contribution is 9.10. The molecule has 0 aliphatic rings. The van der Waals surface area contributed by atoms with Gasteiger partial charge in [0, 0.05) is 40.9 Å². The molecule has 0 radical (unpaired) electrons. The van der Waals surface area contributed by atoms with Gasteiger partial charge in [-0.3, -0.25) is 4.79 Å². The maximum absolute atomic E-state index is 12.5. The molecule has 0 fully saturated rings. The highest BCUT2D eigenvalue weighted by atomic mass is 79.9. The van der Waals surface area contributed by atoms with Crippen LogP contribution in [0.5, 0.6) is 0 Å². The van der Waals surface area contributed by atoms with E-state index in [-0.39, 0.29) is 5.91 Å². The maximum atomic E-state index is 12.5. The summed E-state index contributed by atoms with van der Waals surface area (Å²) in [4.78, 5) is 14.2. The first-order valence-corrected chi connectivity index (χ1v) is 8.02. The molecule has 6 heteroatoms. The van der Waals surface area contributed by atoms with Crippen LogP contribution in [-0.2, 0) is 13.1 Å². The van der Waals surface area contributed by atoms with E-state index in [1.54, 1.807) is 24.1 Å². The Morgan fingerprint density at radius 2 is 2.05 bits per heavy atom. The average Bonchev–Trinajstić information content (AvgIpc) is 2.82. The van der Waals surface area contributed by atoms with Crippen LogP contribution in [0.2, 0.25) is 10.0 Å². The van der Waals surface area contributed by atoms with Gasteiger partial charge in [-0.15, -0.1) is 0 Å². The molecule has 0 unspecified atom stereocenters. The van der Waals surface area contributed by atoms with Crippen LogP contribution in [-0.4, -0.2) is 22.4 Å². The highest BCUT2D eigenvalue weighted by Crippen LogP contribution is 2.23. The summed E-state index contributed by atoms with van der Waals surface area (Å²) in [6.07, 6.45) is 1.90. The fourth-order valence-electron chi connectivity index (χ4n) is 2.09. The first-order chi connectivity index (χ1) is 9.92. The molecule has 1 aromatic heterocycles. The first kappa shape index (κ1) is 16.4. The fraction of sp³-hybridized carbons (Fsp3) is 0.267. The lowest BCUT2D eigenvalue weighted by atomic mass is 10.2. The molecule has 2 aromatic rings. The van der Waals surface area contributed by atoms with Gasteiger partial charge in [0.05, 0.1) is 0 Å². The molecule has 0 spiro atoms. The molecule has 0 bridgehead atoms. The quantitative estimate of drug-likeness (QED) is 0.733. The summed E-state index contributed by atoms with van der Waals surface area (Å²) in [6, 6.07) is 7.11. The van der Waals surface area contributed by atoms with Crippen LogP contribution in [0.15, 0.2) is 34.9 Å². The molecule has 0 aliphatic carbocycles. The van der Waals surface area contributed by atoms with E-state index >= 15 is 0 Å². The van der Waals surface area contributed by atoms with Crippen molar-refractivity contribution in [2.24, 2.45) is 0 Å². The molecule has 21 heavy (non-hydrogen) atoms. The van der Waals surface area contributed by atoms with Crippen molar-refractivity contribution in [3.05, 3.63) is 56.2 Å². The van der Waals surface area contributed by atoms with E-state index in [4.69, 9.17) is 23.2 Å². The van der Waals surface area contributed by atoms with Crippen molar-refractivity contribution in [2.45, 2.75) is 20.0 Å². The molecular weight excluding hydrogens is 375 g/mol. The maximum Gasteiger partial charge on any atom is 0.270 e. The number of rotatable bonds is 4. The number of benzene rings is 1. The molecule has 3 nitrogen and oxygen atoms in total. The Morgan fingerprint density at radius 1 is 1.33 bits per heavy atom. The van der Waals surface area contributed by atoms with Crippen LogP contribution in [0, 0.1) is 0 Å². The van der Waals surface area contributed by atoms with Crippen molar-refractivity contribution >= 4 is 45.0 Å². The van der Waals surface area contributed by atoms with E-state index in [9.17, 15) is 4.79 Å². The number of amides is 1. The van der Waals surface area contributed by atoms with Crippen LogP contribution in [0.1, 0.15) is 23.0 Å². The number of aromatic nitrogens is 1. The minimum Gasteiger partial charge on any atom is -0.343 e. The van der Waals surface area contributed by atoms with E-state index in [0.717, 1.165) is 16.6 Å². The van der Waals surface area contributed by atoms with Crippen LogP contribution in [0.4, 0.5) is 0 Å². The molecule has 112 valence electrons. The van der Waals surface area contributed by atoms with Gasteiger partial charge in [0.15, 0.2) is 0 Å². The summed E-state index contributed by atoms with van der Waals surface area (Å²) in [7, 11) is 1.76. The molecule has 2 rings (SSSR count). The highest BCUT2D eigenvalue weighted by Gasteiger charge is 2.17. The normalized spacial score (nSPS) is 10.7. The third-order valence-electron chi connectivity index (χ3n) is 3.19. The number of nitrogens with zero attached hydrogens (tertiary/aromatic N) is 2. The lowest BCUT2D eigenvalue weighted by molar-refractivity contribution is 0.0774. The van der Waals surface area contributed by atoms with Gasteiger partial charge >= 0.3 is 0 Å².